The molecule has 3 heteroatoms. The number of nitrogens with zero attached hydrogens (tertiary/aromatic N) is 1. The molecule has 3 nitrogen and oxygen atoms in total. The molecule has 0 unspecified atom stereocenters. The fraction of sp³-hybridized carbons (Fsp3) is 0.111. The minimum Gasteiger partial charge on any atom is -0.457 e. The first-order valence-corrected chi connectivity index (χ1v) is 6.58. The summed E-state index contributed by atoms with van der Waals surface area (Å²) in [5.74, 6) is -0.609. The maximum atomic E-state index is 11.9. The molecule has 2 aromatic rings. The summed E-state index contributed by atoms with van der Waals surface area (Å²) in [5.41, 5.74) is 2.80. The summed E-state index contributed by atoms with van der Waals surface area (Å²) in [6.07, 6.45) is 1.53. The van der Waals surface area contributed by atoms with Crippen LogP contribution in [-0.4, -0.2) is 5.97 Å². The number of nitriles is 1. The molecule has 0 atom stereocenters. The molecule has 0 bridgehead atoms. The van der Waals surface area contributed by atoms with E-state index in [0.717, 1.165) is 16.7 Å². The van der Waals surface area contributed by atoms with Crippen LogP contribution in [0, 0.1) is 18.3 Å². The highest BCUT2D eigenvalue weighted by atomic mass is 16.5. The third kappa shape index (κ3) is 4.32. The summed E-state index contributed by atoms with van der Waals surface area (Å²) in [5, 5.41) is 9.09. The lowest BCUT2D eigenvalue weighted by molar-refractivity contribution is -0.139. The summed E-state index contributed by atoms with van der Waals surface area (Å²) in [6.45, 7) is 2.14. The molecule has 0 spiro atoms. The van der Waals surface area contributed by atoms with Gasteiger partial charge in [-0.15, -0.1) is 0 Å². The molecule has 104 valence electrons. The number of carbonyl (C=O) groups excluding carboxylic acids is 1. The van der Waals surface area contributed by atoms with Gasteiger partial charge in [-0.25, -0.2) is 4.79 Å². The number of aryl methyl sites for hydroxylation is 1. The monoisotopic (exact) mass is 277 g/mol. The Balaban J connectivity index is 2.05. The minimum absolute atomic E-state index is 0.00483. The van der Waals surface area contributed by atoms with Crippen LogP contribution >= 0.6 is 0 Å². The van der Waals surface area contributed by atoms with Gasteiger partial charge in [0.25, 0.3) is 0 Å². The van der Waals surface area contributed by atoms with Crippen LogP contribution in [0.2, 0.25) is 0 Å². The van der Waals surface area contributed by atoms with E-state index in [0.29, 0.717) is 0 Å². The number of ether oxygens (including phenoxy) is 1. The van der Waals surface area contributed by atoms with Crippen molar-refractivity contribution in [2.75, 3.05) is 0 Å². The molecule has 0 saturated carbocycles. The molecule has 0 N–H and O–H groups in total. The fourth-order valence-electron chi connectivity index (χ4n) is 1.77. The molecule has 0 amide bonds. The summed E-state index contributed by atoms with van der Waals surface area (Å²) < 4.78 is 5.15. The SMILES string of the molecule is Cc1ccc(/C=C(\C#N)C(=O)OCc2ccccc2)cc1. The van der Waals surface area contributed by atoms with Crippen molar-refractivity contribution in [1.29, 1.82) is 5.26 Å². The summed E-state index contributed by atoms with van der Waals surface area (Å²) in [7, 11) is 0. The average molecular weight is 277 g/mol. The minimum atomic E-state index is -0.609. The highest BCUT2D eigenvalue weighted by Gasteiger charge is 2.10. The molecular formula is C18H15NO2. The van der Waals surface area contributed by atoms with Crippen LogP contribution < -0.4 is 0 Å². The van der Waals surface area contributed by atoms with Gasteiger partial charge in [-0.05, 0) is 24.1 Å². The van der Waals surface area contributed by atoms with Crippen molar-refractivity contribution in [2.24, 2.45) is 0 Å². The zero-order valence-corrected chi connectivity index (χ0v) is 11.7. The Hall–Kier alpha value is -2.86. The Morgan fingerprint density at radius 1 is 1.14 bits per heavy atom. The van der Waals surface area contributed by atoms with Crippen LogP contribution in [0.5, 0.6) is 0 Å². The Labute approximate surface area is 124 Å². The normalized spacial score (nSPS) is 10.8. The Morgan fingerprint density at radius 3 is 2.43 bits per heavy atom. The van der Waals surface area contributed by atoms with Gasteiger partial charge in [-0.3, -0.25) is 0 Å². The fourth-order valence-corrected chi connectivity index (χ4v) is 1.77. The Kier molecular flexibility index (Phi) is 4.89. The van der Waals surface area contributed by atoms with E-state index in [4.69, 9.17) is 10.00 Å². The summed E-state index contributed by atoms with van der Waals surface area (Å²) in [4.78, 5) is 11.9. The molecule has 2 rings (SSSR count). The number of rotatable bonds is 4. The molecule has 0 saturated heterocycles. The molecule has 0 aromatic heterocycles. The highest BCUT2D eigenvalue weighted by molar-refractivity contribution is 5.97. The first-order valence-electron chi connectivity index (χ1n) is 6.58. The Bertz CT molecular complexity index is 679. The van der Waals surface area contributed by atoms with Crippen molar-refractivity contribution in [3.05, 3.63) is 76.9 Å². The molecule has 0 radical (unpaired) electrons. The third-order valence-electron chi connectivity index (χ3n) is 2.94. The molecule has 2 aromatic carbocycles. The Morgan fingerprint density at radius 2 is 1.81 bits per heavy atom. The quantitative estimate of drug-likeness (QED) is 0.487. The highest BCUT2D eigenvalue weighted by Crippen LogP contribution is 2.10. The largest absolute Gasteiger partial charge is 0.457 e. The number of hydrogen-bond donors (Lipinski definition) is 0. The lowest BCUT2D eigenvalue weighted by Gasteiger charge is -2.04. The zero-order chi connectivity index (χ0) is 15.1. The average Bonchev–Trinajstić information content (AvgIpc) is 2.53. The van der Waals surface area contributed by atoms with Crippen molar-refractivity contribution in [3.8, 4) is 6.07 Å². The van der Waals surface area contributed by atoms with Crippen LogP contribution in [0.4, 0.5) is 0 Å². The van der Waals surface area contributed by atoms with Crippen LogP contribution in [0.3, 0.4) is 0 Å². The van der Waals surface area contributed by atoms with Gasteiger partial charge < -0.3 is 4.74 Å². The maximum Gasteiger partial charge on any atom is 0.349 e. The molecule has 0 heterocycles. The van der Waals surface area contributed by atoms with E-state index in [2.05, 4.69) is 0 Å². The van der Waals surface area contributed by atoms with Crippen LogP contribution in [0.1, 0.15) is 16.7 Å². The van der Waals surface area contributed by atoms with E-state index in [-0.39, 0.29) is 12.2 Å². The van der Waals surface area contributed by atoms with E-state index < -0.39 is 5.97 Å². The van der Waals surface area contributed by atoms with Crippen LogP contribution in [0.25, 0.3) is 6.08 Å². The van der Waals surface area contributed by atoms with Crippen molar-refractivity contribution in [3.63, 3.8) is 0 Å². The van der Waals surface area contributed by atoms with Crippen LogP contribution in [-0.2, 0) is 16.1 Å². The van der Waals surface area contributed by atoms with Gasteiger partial charge in [0.05, 0.1) is 0 Å². The standard InChI is InChI=1S/C18H15NO2/c1-14-7-9-15(10-8-14)11-17(12-19)18(20)21-13-16-5-3-2-4-6-16/h2-11H,13H2,1H3/b17-11+. The van der Waals surface area contributed by atoms with Crippen molar-refractivity contribution in [1.82, 2.24) is 0 Å². The second-order valence-corrected chi connectivity index (χ2v) is 4.64. The van der Waals surface area contributed by atoms with Crippen molar-refractivity contribution >= 4 is 12.0 Å². The second-order valence-electron chi connectivity index (χ2n) is 4.64. The molecule has 0 aliphatic heterocycles. The van der Waals surface area contributed by atoms with E-state index in [1.807, 2.05) is 67.6 Å². The van der Waals surface area contributed by atoms with Gasteiger partial charge in [0, 0.05) is 0 Å². The van der Waals surface area contributed by atoms with Gasteiger partial charge in [0.2, 0.25) is 0 Å². The lowest BCUT2D eigenvalue weighted by atomic mass is 10.1. The topological polar surface area (TPSA) is 50.1 Å². The van der Waals surface area contributed by atoms with Gasteiger partial charge in [0.1, 0.15) is 18.2 Å². The number of carbonyl (C=O) groups is 1. The smallest absolute Gasteiger partial charge is 0.349 e. The predicted molar refractivity (Wildman–Crippen MR) is 81.0 cm³/mol. The predicted octanol–water partition coefficient (Wildman–Crippen LogP) is 3.65. The van der Waals surface area contributed by atoms with E-state index >= 15 is 0 Å². The van der Waals surface area contributed by atoms with E-state index in [1.54, 1.807) is 0 Å². The molecule has 0 aliphatic carbocycles. The number of esters is 1. The van der Waals surface area contributed by atoms with Crippen LogP contribution in [0.15, 0.2) is 60.2 Å². The van der Waals surface area contributed by atoms with E-state index in [1.165, 1.54) is 6.08 Å². The van der Waals surface area contributed by atoms with Gasteiger partial charge in [-0.2, -0.15) is 5.26 Å². The molecule has 0 aliphatic rings. The summed E-state index contributed by atoms with van der Waals surface area (Å²) in [6, 6.07) is 18.8. The van der Waals surface area contributed by atoms with E-state index in [9.17, 15) is 4.79 Å². The molecule has 0 fully saturated rings. The zero-order valence-electron chi connectivity index (χ0n) is 11.7. The first-order chi connectivity index (χ1) is 10.2. The summed E-state index contributed by atoms with van der Waals surface area (Å²) >= 11 is 0. The number of benzene rings is 2. The van der Waals surface area contributed by atoms with Gasteiger partial charge in [0.15, 0.2) is 0 Å². The van der Waals surface area contributed by atoms with Crippen molar-refractivity contribution in [2.45, 2.75) is 13.5 Å². The maximum absolute atomic E-state index is 11.9. The molecular weight excluding hydrogens is 262 g/mol. The molecule has 21 heavy (non-hydrogen) atoms. The van der Waals surface area contributed by atoms with Gasteiger partial charge >= 0.3 is 5.97 Å². The third-order valence-corrected chi connectivity index (χ3v) is 2.94. The first kappa shape index (κ1) is 14.5. The van der Waals surface area contributed by atoms with Crippen molar-refractivity contribution < 1.29 is 9.53 Å². The second kappa shape index (κ2) is 7.06. The number of hydrogen-bond acceptors (Lipinski definition) is 3. The lowest BCUT2D eigenvalue weighted by Crippen LogP contribution is -2.06. The van der Waals surface area contributed by atoms with Gasteiger partial charge in [-0.1, -0.05) is 60.2 Å².